The molecule has 0 amide bonds. The first-order chi connectivity index (χ1) is 7.25. The van der Waals surface area contributed by atoms with Crippen LogP contribution in [0.5, 0.6) is 0 Å². The van der Waals surface area contributed by atoms with Crippen LogP contribution in [-0.4, -0.2) is 11.4 Å². The molecule has 1 aromatic heterocycles. The molecule has 1 heterocycles. The van der Waals surface area contributed by atoms with Crippen molar-refractivity contribution in [2.24, 2.45) is 0 Å². The molecule has 2 rings (SSSR count). The maximum absolute atomic E-state index is 6.26. The quantitative estimate of drug-likeness (QED) is 0.860. The van der Waals surface area contributed by atoms with E-state index in [0.717, 1.165) is 23.2 Å². The van der Waals surface area contributed by atoms with Gasteiger partial charge in [0.15, 0.2) is 4.67 Å². The van der Waals surface area contributed by atoms with E-state index >= 15 is 0 Å². The Morgan fingerprint density at radius 3 is 2.93 bits per heavy atom. The molecule has 0 aliphatic heterocycles. The van der Waals surface area contributed by atoms with E-state index in [9.17, 15) is 0 Å². The average molecular weight is 293 g/mol. The lowest BCUT2D eigenvalue weighted by Gasteiger charge is -2.27. The summed E-state index contributed by atoms with van der Waals surface area (Å²) >= 11 is 9.55. The van der Waals surface area contributed by atoms with Gasteiger partial charge in [0, 0.05) is 23.5 Å². The molecule has 1 fully saturated rings. The van der Waals surface area contributed by atoms with Crippen molar-refractivity contribution in [3.8, 4) is 0 Å². The van der Waals surface area contributed by atoms with Crippen LogP contribution in [-0.2, 0) is 6.54 Å². The summed E-state index contributed by atoms with van der Waals surface area (Å²) < 4.78 is 5.96. The number of hydrogen-bond acceptors (Lipinski definition) is 2. The van der Waals surface area contributed by atoms with Gasteiger partial charge in [-0.2, -0.15) is 0 Å². The van der Waals surface area contributed by atoms with E-state index in [1.165, 1.54) is 19.3 Å². The Morgan fingerprint density at radius 2 is 2.27 bits per heavy atom. The van der Waals surface area contributed by atoms with Crippen molar-refractivity contribution in [1.82, 2.24) is 5.32 Å². The van der Waals surface area contributed by atoms with Crippen LogP contribution in [0.1, 0.15) is 31.2 Å². The predicted octanol–water partition coefficient (Wildman–Crippen LogP) is 3.68. The van der Waals surface area contributed by atoms with Crippen LogP contribution in [0.4, 0.5) is 0 Å². The highest BCUT2D eigenvalue weighted by molar-refractivity contribution is 9.10. The Labute approximate surface area is 103 Å². The Morgan fingerprint density at radius 1 is 1.47 bits per heavy atom. The highest BCUT2D eigenvalue weighted by atomic mass is 79.9. The minimum atomic E-state index is 0.286. The van der Waals surface area contributed by atoms with E-state index in [1.807, 2.05) is 6.07 Å². The second kappa shape index (κ2) is 5.37. The number of rotatable bonds is 3. The number of furan rings is 1. The molecule has 0 bridgehead atoms. The third kappa shape index (κ3) is 3.23. The fourth-order valence-corrected chi connectivity index (χ4v) is 2.76. The van der Waals surface area contributed by atoms with Crippen molar-refractivity contribution in [2.45, 2.75) is 43.6 Å². The zero-order chi connectivity index (χ0) is 10.7. The first-order valence-corrected chi connectivity index (χ1v) is 6.59. The first-order valence-electron chi connectivity index (χ1n) is 5.36. The van der Waals surface area contributed by atoms with Gasteiger partial charge >= 0.3 is 0 Å². The Hall–Kier alpha value is 0.01000. The molecular formula is C11H15BrClNO. The fourth-order valence-electron chi connectivity index (χ4n) is 2.00. The molecular weight excluding hydrogens is 277 g/mol. The molecule has 1 aromatic rings. The summed E-state index contributed by atoms with van der Waals surface area (Å²) in [4.78, 5) is 0. The number of hydrogen-bond donors (Lipinski definition) is 1. The smallest absolute Gasteiger partial charge is 0.169 e. The Bertz CT molecular complexity index is 315. The van der Waals surface area contributed by atoms with Crippen LogP contribution in [0.2, 0.25) is 0 Å². The monoisotopic (exact) mass is 291 g/mol. The van der Waals surface area contributed by atoms with Gasteiger partial charge in [-0.1, -0.05) is 12.8 Å². The summed E-state index contributed by atoms with van der Waals surface area (Å²) in [6.45, 7) is 0.836. The zero-order valence-corrected chi connectivity index (χ0v) is 10.9. The summed E-state index contributed by atoms with van der Waals surface area (Å²) in [7, 11) is 0. The average Bonchev–Trinajstić information content (AvgIpc) is 2.63. The topological polar surface area (TPSA) is 25.2 Å². The molecule has 1 saturated carbocycles. The van der Waals surface area contributed by atoms with Gasteiger partial charge in [-0.3, -0.25) is 0 Å². The van der Waals surface area contributed by atoms with Crippen molar-refractivity contribution in [3.63, 3.8) is 0 Å². The van der Waals surface area contributed by atoms with Crippen LogP contribution in [0.25, 0.3) is 0 Å². The molecule has 1 aliphatic carbocycles. The minimum absolute atomic E-state index is 0.286. The predicted molar refractivity (Wildman–Crippen MR) is 65.1 cm³/mol. The Balaban J connectivity index is 1.81. The SMILES string of the molecule is ClC1CCCCC1NCc1coc(Br)c1. The van der Waals surface area contributed by atoms with Gasteiger partial charge in [0.1, 0.15) is 0 Å². The van der Waals surface area contributed by atoms with Gasteiger partial charge < -0.3 is 9.73 Å². The lowest BCUT2D eigenvalue weighted by molar-refractivity contribution is 0.378. The Kier molecular flexibility index (Phi) is 4.12. The third-order valence-electron chi connectivity index (χ3n) is 2.87. The zero-order valence-electron chi connectivity index (χ0n) is 8.51. The van der Waals surface area contributed by atoms with Crippen LogP contribution in [0, 0.1) is 0 Å². The van der Waals surface area contributed by atoms with Gasteiger partial charge in [0.25, 0.3) is 0 Å². The normalized spacial score (nSPS) is 26.8. The molecule has 2 unspecified atom stereocenters. The number of alkyl halides is 1. The van der Waals surface area contributed by atoms with Crippen LogP contribution >= 0.6 is 27.5 Å². The van der Waals surface area contributed by atoms with Crippen LogP contribution in [0.3, 0.4) is 0 Å². The van der Waals surface area contributed by atoms with Gasteiger partial charge in [0.05, 0.1) is 6.26 Å². The van der Waals surface area contributed by atoms with E-state index in [-0.39, 0.29) is 5.38 Å². The summed E-state index contributed by atoms with van der Waals surface area (Å²) in [6.07, 6.45) is 6.64. The molecule has 0 saturated heterocycles. The molecule has 0 radical (unpaired) electrons. The molecule has 0 spiro atoms. The summed E-state index contributed by atoms with van der Waals surface area (Å²) in [5, 5.41) is 3.77. The second-order valence-corrected chi connectivity index (χ2v) is 5.39. The van der Waals surface area contributed by atoms with E-state index in [1.54, 1.807) is 6.26 Å². The molecule has 2 nitrogen and oxygen atoms in total. The molecule has 15 heavy (non-hydrogen) atoms. The van der Waals surface area contributed by atoms with Crippen molar-refractivity contribution >= 4 is 27.5 Å². The number of halogens is 2. The molecule has 1 N–H and O–H groups in total. The second-order valence-electron chi connectivity index (χ2n) is 4.05. The third-order valence-corrected chi connectivity index (χ3v) is 3.81. The summed E-state index contributed by atoms with van der Waals surface area (Å²) in [5.74, 6) is 0. The van der Waals surface area contributed by atoms with Crippen LogP contribution in [0.15, 0.2) is 21.4 Å². The van der Waals surface area contributed by atoms with E-state index in [4.69, 9.17) is 16.0 Å². The lowest BCUT2D eigenvalue weighted by Crippen LogP contribution is -2.38. The van der Waals surface area contributed by atoms with Crippen LogP contribution < -0.4 is 5.32 Å². The largest absolute Gasteiger partial charge is 0.457 e. The van der Waals surface area contributed by atoms with Crippen molar-refractivity contribution in [2.75, 3.05) is 0 Å². The van der Waals surface area contributed by atoms with Gasteiger partial charge in [0.2, 0.25) is 0 Å². The molecule has 1 aliphatic rings. The molecule has 84 valence electrons. The molecule has 0 aromatic carbocycles. The van der Waals surface area contributed by atoms with Gasteiger partial charge in [-0.25, -0.2) is 0 Å². The van der Waals surface area contributed by atoms with E-state index in [0.29, 0.717) is 6.04 Å². The minimum Gasteiger partial charge on any atom is -0.457 e. The maximum atomic E-state index is 6.26. The maximum Gasteiger partial charge on any atom is 0.169 e. The highest BCUT2D eigenvalue weighted by Gasteiger charge is 2.22. The van der Waals surface area contributed by atoms with Crippen molar-refractivity contribution in [3.05, 3.63) is 22.6 Å². The summed E-state index contributed by atoms with van der Waals surface area (Å²) in [5.41, 5.74) is 1.16. The van der Waals surface area contributed by atoms with E-state index in [2.05, 4.69) is 21.2 Å². The molecule has 4 heteroatoms. The summed E-state index contributed by atoms with van der Waals surface area (Å²) in [6, 6.07) is 2.44. The van der Waals surface area contributed by atoms with Crippen molar-refractivity contribution < 1.29 is 4.42 Å². The standard InChI is InChI=1S/C11H15BrClNO/c12-11-5-8(7-15-11)6-14-10-4-2-1-3-9(10)13/h5,7,9-10,14H,1-4,6H2. The van der Waals surface area contributed by atoms with E-state index < -0.39 is 0 Å². The van der Waals surface area contributed by atoms with Gasteiger partial charge in [-0.05, 0) is 34.8 Å². The fraction of sp³-hybridized carbons (Fsp3) is 0.636. The first kappa shape index (κ1) is 11.5. The highest BCUT2D eigenvalue weighted by Crippen LogP contribution is 2.23. The lowest BCUT2D eigenvalue weighted by atomic mass is 9.95. The number of nitrogens with one attached hydrogen (secondary N) is 1. The molecule has 2 atom stereocenters. The van der Waals surface area contributed by atoms with Crippen molar-refractivity contribution in [1.29, 1.82) is 0 Å². The van der Waals surface area contributed by atoms with Gasteiger partial charge in [-0.15, -0.1) is 11.6 Å².